The molecular formula is C17H22IN. The minimum absolute atomic E-state index is 0.913. The van der Waals surface area contributed by atoms with Gasteiger partial charge in [0.25, 0.3) is 0 Å². The number of nitrogens with one attached hydrogen (secondary N) is 1. The normalized spacial score (nSPS) is 18.7. The molecule has 0 radical (unpaired) electrons. The Morgan fingerprint density at radius 3 is 3.05 bits per heavy atom. The third kappa shape index (κ3) is 2.69. The fourth-order valence-corrected chi connectivity index (χ4v) is 4.04. The van der Waals surface area contributed by atoms with Gasteiger partial charge in [-0.3, -0.25) is 0 Å². The third-order valence-corrected chi connectivity index (χ3v) is 5.39. The molecule has 0 saturated heterocycles. The van der Waals surface area contributed by atoms with Gasteiger partial charge in [0.15, 0.2) is 0 Å². The zero-order chi connectivity index (χ0) is 13.2. The van der Waals surface area contributed by atoms with Crippen LogP contribution in [0.1, 0.15) is 50.3 Å². The number of para-hydroxylation sites is 1. The van der Waals surface area contributed by atoms with Gasteiger partial charge in [0.2, 0.25) is 0 Å². The van der Waals surface area contributed by atoms with Crippen molar-refractivity contribution >= 4 is 33.5 Å². The highest BCUT2D eigenvalue weighted by atomic mass is 127. The van der Waals surface area contributed by atoms with Crippen molar-refractivity contribution in [2.24, 2.45) is 5.92 Å². The maximum Gasteiger partial charge on any atom is 0.0594 e. The largest absolute Gasteiger partial charge is 0.357 e. The predicted molar refractivity (Wildman–Crippen MR) is 90.7 cm³/mol. The zero-order valence-electron chi connectivity index (χ0n) is 11.6. The second-order valence-electron chi connectivity index (χ2n) is 5.85. The van der Waals surface area contributed by atoms with Gasteiger partial charge in [0, 0.05) is 14.7 Å². The van der Waals surface area contributed by atoms with Crippen molar-refractivity contribution in [3.05, 3.63) is 33.0 Å². The molecule has 1 aliphatic rings. The molecule has 1 heterocycles. The van der Waals surface area contributed by atoms with Crippen LogP contribution in [0.3, 0.4) is 0 Å². The summed E-state index contributed by atoms with van der Waals surface area (Å²) in [5, 5.41) is 1.47. The van der Waals surface area contributed by atoms with E-state index in [4.69, 9.17) is 0 Å². The van der Waals surface area contributed by atoms with E-state index in [9.17, 15) is 0 Å². The van der Waals surface area contributed by atoms with Crippen molar-refractivity contribution in [1.82, 2.24) is 4.98 Å². The summed E-state index contributed by atoms with van der Waals surface area (Å²) in [5.74, 6) is 0.913. The lowest BCUT2D eigenvalue weighted by Crippen LogP contribution is -2.13. The molecule has 1 unspecified atom stereocenters. The topological polar surface area (TPSA) is 15.8 Å². The van der Waals surface area contributed by atoms with Crippen LogP contribution in [-0.2, 0) is 12.8 Å². The Balaban J connectivity index is 1.83. The van der Waals surface area contributed by atoms with Crippen molar-refractivity contribution in [2.45, 2.75) is 51.9 Å². The van der Waals surface area contributed by atoms with Gasteiger partial charge in [0.05, 0.1) is 5.52 Å². The number of halogens is 1. The quantitative estimate of drug-likeness (QED) is 0.546. The molecule has 0 fully saturated rings. The van der Waals surface area contributed by atoms with E-state index in [0.29, 0.717) is 0 Å². The van der Waals surface area contributed by atoms with Crippen LogP contribution < -0.4 is 0 Å². The van der Waals surface area contributed by atoms with E-state index >= 15 is 0 Å². The van der Waals surface area contributed by atoms with Crippen LogP contribution in [0.5, 0.6) is 0 Å². The number of rotatable bonds is 4. The Labute approximate surface area is 129 Å². The van der Waals surface area contributed by atoms with Gasteiger partial charge in [-0.1, -0.05) is 44.7 Å². The highest BCUT2D eigenvalue weighted by Crippen LogP contribution is 2.35. The number of unbranched alkanes of at least 4 members (excludes halogenated alkanes) is 2. The molecule has 19 heavy (non-hydrogen) atoms. The summed E-state index contributed by atoms with van der Waals surface area (Å²) in [4.78, 5) is 3.66. The van der Waals surface area contributed by atoms with Gasteiger partial charge in [-0.15, -0.1) is 0 Å². The van der Waals surface area contributed by atoms with Gasteiger partial charge in [-0.2, -0.15) is 0 Å². The second-order valence-corrected chi connectivity index (χ2v) is 7.01. The Morgan fingerprint density at radius 1 is 1.32 bits per heavy atom. The van der Waals surface area contributed by atoms with Gasteiger partial charge in [0.1, 0.15) is 0 Å². The molecule has 1 atom stereocenters. The number of aromatic amines is 1. The summed E-state index contributed by atoms with van der Waals surface area (Å²) in [6.45, 7) is 2.29. The summed E-state index contributed by atoms with van der Waals surface area (Å²) >= 11 is 2.44. The van der Waals surface area contributed by atoms with E-state index in [1.807, 2.05) is 0 Å². The minimum Gasteiger partial charge on any atom is -0.357 e. The second kappa shape index (κ2) is 5.86. The third-order valence-electron chi connectivity index (χ3n) is 4.49. The maximum atomic E-state index is 3.66. The summed E-state index contributed by atoms with van der Waals surface area (Å²) in [7, 11) is 0. The molecule has 2 aromatic rings. The van der Waals surface area contributed by atoms with Crippen molar-refractivity contribution in [1.29, 1.82) is 0 Å². The number of H-pyrrole nitrogens is 1. The predicted octanol–water partition coefficient (Wildman–Crippen LogP) is 5.46. The first kappa shape index (κ1) is 13.5. The Kier molecular flexibility index (Phi) is 4.15. The molecule has 102 valence electrons. The van der Waals surface area contributed by atoms with Crippen LogP contribution in [-0.4, -0.2) is 4.98 Å². The lowest BCUT2D eigenvalue weighted by Gasteiger charge is -2.22. The number of hydrogen-bond acceptors (Lipinski definition) is 0. The van der Waals surface area contributed by atoms with Gasteiger partial charge in [-0.05, 0) is 59.4 Å². The average Bonchev–Trinajstić information content (AvgIpc) is 2.79. The van der Waals surface area contributed by atoms with Gasteiger partial charge < -0.3 is 4.98 Å². The Bertz CT molecular complexity index is 570. The monoisotopic (exact) mass is 367 g/mol. The molecule has 0 bridgehead atoms. The van der Waals surface area contributed by atoms with Crippen LogP contribution in [0.15, 0.2) is 18.2 Å². The van der Waals surface area contributed by atoms with Gasteiger partial charge >= 0.3 is 0 Å². The standard InChI is InChI=1S/C17H22IN/c1-2-3-4-6-12-9-10-16-14(11-12)13-7-5-8-15(18)17(13)19-16/h5,7-8,12,19H,2-4,6,9-11H2,1H3. The lowest BCUT2D eigenvalue weighted by atomic mass is 9.83. The van der Waals surface area contributed by atoms with Crippen LogP contribution in [0, 0.1) is 9.49 Å². The molecule has 1 aromatic carbocycles. The molecular weight excluding hydrogens is 345 g/mol. The van der Waals surface area contributed by atoms with E-state index in [1.54, 1.807) is 5.56 Å². The number of benzene rings is 1. The van der Waals surface area contributed by atoms with Crippen LogP contribution in [0.25, 0.3) is 10.9 Å². The zero-order valence-corrected chi connectivity index (χ0v) is 13.8. The van der Waals surface area contributed by atoms with Crippen LogP contribution >= 0.6 is 22.6 Å². The first-order chi connectivity index (χ1) is 9.29. The SMILES string of the molecule is CCCCCC1CCc2[nH]c3c(I)cccc3c2C1. The summed E-state index contributed by atoms with van der Waals surface area (Å²) < 4.78 is 1.35. The molecule has 0 saturated carbocycles. The minimum atomic E-state index is 0.913. The van der Waals surface area contributed by atoms with Crippen LogP contribution in [0.4, 0.5) is 0 Å². The molecule has 0 amide bonds. The highest BCUT2D eigenvalue weighted by Gasteiger charge is 2.22. The lowest BCUT2D eigenvalue weighted by molar-refractivity contribution is 0.408. The molecule has 1 nitrogen and oxygen atoms in total. The molecule has 0 spiro atoms. The molecule has 1 aromatic heterocycles. The Hall–Kier alpha value is -0.510. The summed E-state index contributed by atoms with van der Waals surface area (Å²) in [6.07, 6.45) is 9.48. The van der Waals surface area contributed by atoms with Crippen LogP contribution in [0.2, 0.25) is 0 Å². The van der Waals surface area contributed by atoms with E-state index in [0.717, 1.165) is 5.92 Å². The van der Waals surface area contributed by atoms with E-state index < -0.39 is 0 Å². The molecule has 0 aliphatic heterocycles. The highest BCUT2D eigenvalue weighted by molar-refractivity contribution is 14.1. The number of fused-ring (bicyclic) bond motifs is 3. The number of hydrogen-bond donors (Lipinski definition) is 1. The molecule has 2 heteroatoms. The average molecular weight is 367 g/mol. The fourth-order valence-electron chi connectivity index (χ4n) is 3.41. The number of aromatic nitrogens is 1. The van der Waals surface area contributed by atoms with Crippen molar-refractivity contribution in [3.8, 4) is 0 Å². The smallest absolute Gasteiger partial charge is 0.0594 e. The van der Waals surface area contributed by atoms with E-state index in [2.05, 4.69) is 52.7 Å². The molecule has 3 rings (SSSR count). The number of aryl methyl sites for hydroxylation is 1. The maximum absolute atomic E-state index is 3.66. The Morgan fingerprint density at radius 2 is 2.21 bits per heavy atom. The first-order valence-electron chi connectivity index (χ1n) is 7.57. The first-order valence-corrected chi connectivity index (χ1v) is 8.65. The van der Waals surface area contributed by atoms with E-state index in [1.165, 1.54) is 65.1 Å². The summed E-state index contributed by atoms with van der Waals surface area (Å²) in [5.41, 5.74) is 4.48. The molecule has 1 N–H and O–H groups in total. The summed E-state index contributed by atoms with van der Waals surface area (Å²) in [6, 6.07) is 6.68. The van der Waals surface area contributed by atoms with Crippen molar-refractivity contribution in [3.63, 3.8) is 0 Å². The van der Waals surface area contributed by atoms with E-state index in [-0.39, 0.29) is 0 Å². The van der Waals surface area contributed by atoms with Crippen molar-refractivity contribution in [2.75, 3.05) is 0 Å². The van der Waals surface area contributed by atoms with Gasteiger partial charge in [-0.25, -0.2) is 0 Å². The fraction of sp³-hybridized carbons (Fsp3) is 0.529. The molecule has 1 aliphatic carbocycles. The van der Waals surface area contributed by atoms with Crippen molar-refractivity contribution < 1.29 is 0 Å².